The maximum absolute atomic E-state index is 12.1. The van der Waals surface area contributed by atoms with Crippen LogP contribution in [-0.2, 0) is 11.2 Å². The fraction of sp³-hybridized carbons (Fsp3) is 0.533. The quantitative estimate of drug-likeness (QED) is 0.816. The minimum absolute atomic E-state index is 0.191. The molecule has 0 unspecified atom stereocenters. The van der Waals surface area contributed by atoms with E-state index in [1.54, 1.807) is 0 Å². The summed E-state index contributed by atoms with van der Waals surface area (Å²) < 4.78 is 0. The Labute approximate surface area is 109 Å². The first-order chi connectivity index (χ1) is 8.49. The van der Waals surface area contributed by atoms with Gasteiger partial charge in [0.15, 0.2) is 0 Å². The molecule has 0 bridgehead atoms. The molecule has 1 aliphatic rings. The topological polar surface area (TPSA) is 23.6 Å². The highest BCUT2D eigenvalue weighted by atomic mass is 16.2. The van der Waals surface area contributed by atoms with Gasteiger partial charge >= 0.3 is 0 Å². The van der Waals surface area contributed by atoms with Gasteiger partial charge < -0.3 is 9.80 Å². The van der Waals surface area contributed by atoms with Crippen molar-refractivity contribution in [1.29, 1.82) is 0 Å². The first-order valence-electron chi connectivity index (χ1n) is 6.57. The molecule has 0 N–H and O–H groups in total. The summed E-state index contributed by atoms with van der Waals surface area (Å²) >= 11 is 0. The Morgan fingerprint density at radius 2 is 2.11 bits per heavy atom. The maximum Gasteiger partial charge on any atom is 0.241 e. The van der Waals surface area contributed by atoms with Crippen LogP contribution in [0.15, 0.2) is 18.2 Å². The molecular formula is C15H22N2O. The van der Waals surface area contributed by atoms with Gasteiger partial charge in [-0.3, -0.25) is 4.79 Å². The molecule has 1 aromatic rings. The van der Waals surface area contributed by atoms with Crippen molar-refractivity contribution in [2.24, 2.45) is 0 Å². The van der Waals surface area contributed by atoms with Crippen LogP contribution in [0.5, 0.6) is 0 Å². The normalized spacial score (nSPS) is 14.4. The van der Waals surface area contributed by atoms with Crippen LogP contribution >= 0.6 is 0 Å². The highest BCUT2D eigenvalue weighted by Gasteiger charge is 2.24. The van der Waals surface area contributed by atoms with Crippen LogP contribution < -0.4 is 4.90 Å². The number of fused-ring (bicyclic) bond motifs is 1. The van der Waals surface area contributed by atoms with Crippen LogP contribution in [0.1, 0.15) is 30.9 Å². The predicted octanol–water partition coefficient (Wildman–Crippen LogP) is 2.26. The second-order valence-corrected chi connectivity index (χ2v) is 5.58. The largest absolute Gasteiger partial charge is 0.311 e. The molecule has 0 spiro atoms. The lowest BCUT2D eigenvalue weighted by Crippen LogP contribution is -2.36. The number of benzene rings is 1. The summed E-state index contributed by atoms with van der Waals surface area (Å²) in [5.74, 6) is 0.734. The maximum atomic E-state index is 12.1. The van der Waals surface area contributed by atoms with Gasteiger partial charge in [0.25, 0.3) is 0 Å². The molecule has 1 heterocycles. The second-order valence-electron chi connectivity index (χ2n) is 5.58. The zero-order valence-corrected chi connectivity index (χ0v) is 11.7. The van der Waals surface area contributed by atoms with Crippen LogP contribution in [0.25, 0.3) is 0 Å². The Bertz CT molecular complexity index is 452. The van der Waals surface area contributed by atoms with E-state index in [4.69, 9.17) is 0 Å². The highest BCUT2D eigenvalue weighted by molar-refractivity contribution is 5.96. The van der Waals surface area contributed by atoms with Crippen LogP contribution in [0, 0.1) is 0 Å². The van der Waals surface area contributed by atoms with Gasteiger partial charge in [-0.1, -0.05) is 26.0 Å². The lowest BCUT2D eigenvalue weighted by molar-refractivity contribution is -0.119. The molecule has 3 nitrogen and oxygen atoms in total. The Morgan fingerprint density at radius 3 is 2.72 bits per heavy atom. The molecular weight excluding hydrogens is 224 g/mol. The van der Waals surface area contributed by atoms with Crippen molar-refractivity contribution in [1.82, 2.24) is 4.90 Å². The van der Waals surface area contributed by atoms with E-state index in [2.05, 4.69) is 32.0 Å². The number of nitrogens with zero attached hydrogens (tertiary/aromatic N) is 2. The summed E-state index contributed by atoms with van der Waals surface area (Å²) in [6.07, 6.45) is 0.981. The average molecular weight is 246 g/mol. The molecule has 0 saturated carbocycles. The summed E-state index contributed by atoms with van der Waals surface area (Å²) in [7, 11) is 3.85. The van der Waals surface area contributed by atoms with Crippen LogP contribution in [0.4, 0.5) is 5.69 Å². The van der Waals surface area contributed by atoms with E-state index in [0.717, 1.165) is 18.7 Å². The molecule has 0 aliphatic carbocycles. The third-order valence-corrected chi connectivity index (χ3v) is 3.42. The number of carbonyl (C=O) groups is 1. The Kier molecular flexibility index (Phi) is 3.71. The van der Waals surface area contributed by atoms with Crippen LogP contribution in [0.3, 0.4) is 0 Å². The van der Waals surface area contributed by atoms with Gasteiger partial charge in [-0.2, -0.15) is 0 Å². The number of anilines is 1. The fourth-order valence-corrected chi connectivity index (χ4v) is 2.40. The number of hydrogen-bond donors (Lipinski definition) is 0. The third kappa shape index (κ3) is 2.56. The molecule has 1 aliphatic heterocycles. The third-order valence-electron chi connectivity index (χ3n) is 3.42. The molecule has 1 aromatic carbocycles. The summed E-state index contributed by atoms with van der Waals surface area (Å²) in [5, 5.41) is 0. The van der Waals surface area contributed by atoms with Crippen molar-refractivity contribution >= 4 is 11.6 Å². The molecule has 2 rings (SSSR count). The van der Waals surface area contributed by atoms with Crippen molar-refractivity contribution < 1.29 is 4.79 Å². The van der Waals surface area contributed by atoms with Gasteiger partial charge in [-0.05, 0) is 43.6 Å². The highest BCUT2D eigenvalue weighted by Crippen LogP contribution is 2.30. The Balaban J connectivity index is 2.21. The molecule has 3 heteroatoms. The van der Waals surface area contributed by atoms with Crippen molar-refractivity contribution in [3.05, 3.63) is 29.3 Å². The van der Waals surface area contributed by atoms with E-state index >= 15 is 0 Å². The van der Waals surface area contributed by atoms with E-state index in [9.17, 15) is 4.79 Å². The number of amides is 1. The first kappa shape index (κ1) is 13.1. The van der Waals surface area contributed by atoms with Gasteiger partial charge in [0, 0.05) is 12.2 Å². The van der Waals surface area contributed by atoms with Crippen LogP contribution in [0.2, 0.25) is 0 Å². The molecule has 98 valence electrons. The van der Waals surface area contributed by atoms with Crippen molar-refractivity contribution in [3.63, 3.8) is 0 Å². The minimum atomic E-state index is 0.191. The summed E-state index contributed by atoms with van der Waals surface area (Å²) in [6.45, 7) is 5.70. The van der Waals surface area contributed by atoms with E-state index in [-0.39, 0.29) is 5.91 Å². The molecule has 1 amide bonds. The zero-order valence-electron chi connectivity index (χ0n) is 11.7. The molecule has 18 heavy (non-hydrogen) atoms. The zero-order chi connectivity index (χ0) is 13.3. The van der Waals surface area contributed by atoms with Gasteiger partial charge in [0.2, 0.25) is 5.91 Å². The van der Waals surface area contributed by atoms with Crippen molar-refractivity contribution in [2.75, 3.05) is 32.1 Å². The van der Waals surface area contributed by atoms with E-state index in [1.807, 2.05) is 23.9 Å². The van der Waals surface area contributed by atoms with E-state index < -0.39 is 0 Å². The standard InChI is InChI=1S/C15H22N2O/c1-11(2)12-5-6-14-13(9-12)7-8-17(14)15(18)10-16(3)4/h5-6,9,11H,7-8,10H2,1-4H3. The molecule has 0 fully saturated rings. The molecule has 0 aromatic heterocycles. The first-order valence-corrected chi connectivity index (χ1v) is 6.57. The van der Waals surface area contributed by atoms with Gasteiger partial charge in [-0.15, -0.1) is 0 Å². The number of hydrogen-bond acceptors (Lipinski definition) is 2. The lowest BCUT2D eigenvalue weighted by atomic mass is 10.00. The van der Waals surface area contributed by atoms with E-state index in [1.165, 1.54) is 11.1 Å². The summed E-state index contributed by atoms with van der Waals surface area (Å²) in [6, 6.07) is 6.50. The van der Waals surface area contributed by atoms with E-state index in [0.29, 0.717) is 12.5 Å². The number of carbonyl (C=O) groups excluding carboxylic acids is 1. The fourth-order valence-electron chi connectivity index (χ4n) is 2.40. The monoisotopic (exact) mass is 246 g/mol. The second kappa shape index (κ2) is 5.11. The lowest BCUT2D eigenvalue weighted by Gasteiger charge is -2.20. The summed E-state index contributed by atoms with van der Waals surface area (Å²) in [4.78, 5) is 16.0. The van der Waals surface area contributed by atoms with Crippen molar-refractivity contribution in [2.45, 2.75) is 26.2 Å². The van der Waals surface area contributed by atoms with Gasteiger partial charge in [0.05, 0.1) is 6.54 Å². The van der Waals surface area contributed by atoms with Gasteiger partial charge in [-0.25, -0.2) is 0 Å². The molecule has 0 radical (unpaired) electrons. The molecule has 0 atom stereocenters. The SMILES string of the molecule is CC(C)c1ccc2c(c1)CCN2C(=O)CN(C)C. The van der Waals surface area contributed by atoms with Crippen LogP contribution in [-0.4, -0.2) is 38.0 Å². The Hall–Kier alpha value is -1.35. The minimum Gasteiger partial charge on any atom is -0.311 e. The number of rotatable bonds is 3. The van der Waals surface area contributed by atoms with Crippen molar-refractivity contribution in [3.8, 4) is 0 Å². The Morgan fingerprint density at radius 1 is 1.39 bits per heavy atom. The number of likely N-dealkylation sites (N-methyl/N-ethyl adjacent to an activating group) is 1. The predicted molar refractivity (Wildman–Crippen MR) is 75.1 cm³/mol. The smallest absolute Gasteiger partial charge is 0.241 e. The molecule has 0 saturated heterocycles. The average Bonchev–Trinajstić information content (AvgIpc) is 2.70. The summed E-state index contributed by atoms with van der Waals surface area (Å²) in [5.41, 5.74) is 3.77. The van der Waals surface area contributed by atoms with Gasteiger partial charge in [0.1, 0.15) is 0 Å².